The fourth-order valence-corrected chi connectivity index (χ4v) is 4.39. The molecule has 1 N–H and O–H groups in total. The second-order valence-electron chi connectivity index (χ2n) is 7.56. The van der Waals surface area contributed by atoms with Crippen molar-refractivity contribution in [2.45, 2.75) is 19.4 Å². The Labute approximate surface area is 183 Å². The van der Waals surface area contributed by atoms with E-state index in [9.17, 15) is 19.6 Å². The van der Waals surface area contributed by atoms with E-state index in [2.05, 4.69) is 11.4 Å². The van der Waals surface area contributed by atoms with Gasteiger partial charge >= 0.3 is 0 Å². The Morgan fingerprint density at radius 2 is 1.72 bits per heavy atom. The van der Waals surface area contributed by atoms with Crippen LogP contribution in [0.3, 0.4) is 0 Å². The molecule has 2 aliphatic heterocycles. The first-order valence-corrected chi connectivity index (χ1v) is 10.1. The van der Waals surface area contributed by atoms with E-state index in [0.717, 1.165) is 11.3 Å². The fraction of sp³-hybridized carbons (Fsp3) is 0.167. The lowest BCUT2D eigenvalue weighted by Crippen LogP contribution is -2.32. The van der Waals surface area contributed by atoms with Crippen LogP contribution in [0.2, 0.25) is 0 Å². The molecule has 0 bridgehead atoms. The molecule has 8 nitrogen and oxygen atoms in total. The molecule has 2 aromatic carbocycles. The number of amides is 3. The summed E-state index contributed by atoms with van der Waals surface area (Å²) in [4.78, 5) is 40.7. The Bertz CT molecular complexity index is 1300. The highest BCUT2D eigenvalue weighted by molar-refractivity contribution is 6.36. The minimum atomic E-state index is -0.537. The summed E-state index contributed by atoms with van der Waals surface area (Å²) in [6, 6.07) is 15.4. The van der Waals surface area contributed by atoms with Crippen LogP contribution in [0.25, 0.3) is 0 Å². The van der Waals surface area contributed by atoms with Crippen LogP contribution in [0.15, 0.2) is 48.5 Å². The van der Waals surface area contributed by atoms with E-state index in [-0.39, 0.29) is 28.1 Å². The molecule has 32 heavy (non-hydrogen) atoms. The smallest absolute Gasteiger partial charge is 0.274 e. The summed E-state index contributed by atoms with van der Waals surface area (Å²) in [5, 5.41) is 12.7. The summed E-state index contributed by atoms with van der Waals surface area (Å²) in [7, 11) is 1.55. The summed E-state index contributed by atoms with van der Waals surface area (Å²) < 4.78 is 6.89. The van der Waals surface area contributed by atoms with Crippen LogP contribution >= 0.6 is 0 Å². The summed E-state index contributed by atoms with van der Waals surface area (Å²) in [6.07, 6.45) is 1.37. The molecule has 1 aromatic heterocycles. The fourth-order valence-electron chi connectivity index (χ4n) is 4.39. The number of nitriles is 1. The average Bonchev–Trinajstić information content (AvgIpc) is 3.46. The highest BCUT2D eigenvalue weighted by Gasteiger charge is 2.43. The Morgan fingerprint density at radius 3 is 2.31 bits per heavy atom. The quantitative estimate of drug-likeness (QED) is 0.644. The number of methoxy groups -OCH3 is 1. The SMILES string of the molecule is COc1ccc(NC(=O)c2c(N3C(=O)c4ccccc4C3=O)c(C#N)c3n2CCC3)cc1. The monoisotopic (exact) mass is 426 g/mol. The van der Waals surface area contributed by atoms with Crippen molar-refractivity contribution in [1.29, 1.82) is 5.26 Å². The second-order valence-corrected chi connectivity index (χ2v) is 7.56. The number of hydrogen-bond donors (Lipinski definition) is 1. The molecule has 0 unspecified atom stereocenters. The summed E-state index contributed by atoms with van der Waals surface area (Å²) >= 11 is 0. The Balaban J connectivity index is 1.62. The first-order valence-electron chi connectivity index (χ1n) is 10.1. The largest absolute Gasteiger partial charge is 0.497 e. The normalized spacial score (nSPS) is 14.2. The maximum atomic E-state index is 13.4. The van der Waals surface area contributed by atoms with Crippen LogP contribution in [0, 0.1) is 11.3 Å². The third-order valence-corrected chi connectivity index (χ3v) is 5.83. The van der Waals surface area contributed by atoms with Crippen LogP contribution in [-0.2, 0) is 13.0 Å². The molecule has 3 amide bonds. The Hall–Kier alpha value is -4.38. The molecule has 3 heterocycles. The number of nitrogens with zero attached hydrogens (tertiary/aromatic N) is 3. The Morgan fingerprint density at radius 1 is 1.06 bits per heavy atom. The first-order chi connectivity index (χ1) is 15.5. The average molecular weight is 426 g/mol. The number of nitrogens with one attached hydrogen (secondary N) is 1. The molecule has 0 saturated heterocycles. The third-order valence-electron chi connectivity index (χ3n) is 5.83. The first kappa shape index (κ1) is 19.6. The molecule has 0 saturated carbocycles. The number of imide groups is 1. The predicted octanol–water partition coefficient (Wildman–Crippen LogP) is 3.37. The molecule has 0 atom stereocenters. The van der Waals surface area contributed by atoms with E-state index in [1.807, 2.05) is 0 Å². The number of carbonyl (C=O) groups is 3. The van der Waals surface area contributed by atoms with Crippen LogP contribution in [0.5, 0.6) is 5.75 Å². The third kappa shape index (κ3) is 2.79. The number of hydrogen-bond acceptors (Lipinski definition) is 5. The lowest BCUT2D eigenvalue weighted by molar-refractivity contribution is 0.0926. The van der Waals surface area contributed by atoms with Gasteiger partial charge in [-0.05, 0) is 49.2 Å². The van der Waals surface area contributed by atoms with E-state index < -0.39 is 17.7 Å². The topological polar surface area (TPSA) is 104 Å². The number of ether oxygens (including phenoxy) is 1. The summed E-state index contributed by atoms with van der Waals surface area (Å²) in [5.41, 5.74) is 2.09. The molecular formula is C24H18N4O4. The molecule has 0 aliphatic carbocycles. The van der Waals surface area contributed by atoms with Crippen molar-refractivity contribution in [3.05, 3.63) is 76.6 Å². The van der Waals surface area contributed by atoms with Crippen LogP contribution < -0.4 is 15.0 Å². The second kappa shape index (κ2) is 7.39. The van der Waals surface area contributed by atoms with Gasteiger partial charge in [-0.15, -0.1) is 0 Å². The lowest BCUT2D eigenvalue weighted by Gasteiger charge is -2.17. The zero-order chi connectivity index (χ0) is 22.4. The summed E-state index contributed by atoms with van der Waals surface area (Å²) in [6.45, 7) is 0.526. The van der Waals surface area contributed by atoms with E-state index in [1.165, 1.54) is 0 Å². The van der Waals surface area contributed by atoms with Gasteiger partial charge in [0.05, 0.1) is 23.8 Å². The zero-order valence-electron chi connectivity index (χ0n) is 17.2. The highest BCUT2D eigenvalue weighted by atomic mass is 16.5. The van der Waals surface area contributed by atoms with Crippen LogP contribution in [-0.4, -0.2) is 29.4 Å². The van der Waals surface area contributed by atoms with Gasteiger partial charge in [-0.1, -0.05) is 12.1 Å². The van der Waals surface area contributed by atoms with Gasteiger partial charge < -0.3 is 14.6 Å². The standard InChI is InChI=1S/C24H18N4O4/c1-32-15-10-8-14(9-11-15)26-22(29)21-20(18(13-25)19-7-4-12-27(19)21)28-23(30)16-5-2-3-6-17(16)24(28)31/h2-3,5-6,8-11H,4,7,12H2,1H3,(H,26,29). The minimum absolute atomic E-state index is 0.0550. The molecule has 0 spiro atoms. The molecule has 5 rings (SSSR count). The van der Waals surface area contributed by atoms with E-state index in [1.54, 1.807) is 60.2 Å². The molecule has 158 valence electrons. The number of fused-ring (bicyclic) bond motifs is 2. The number of benzene rings is 2. The number of carbonyl (C=O) groups excluding carboxylic acids is 3. The van der Waals surface area contributed by atoms with Crippen molar-refractivity contribution in [2.75, 3.05) is 17.3 Å². The minimum Gasteiger partial charge on any atom is -0.497 e. The molecule has 8 heteroatoms. The molecule has 0 fully saturated rings. The number of aromatic nitrogens is 1. The lowest BCUT2D eigenvalue weighted by atomic mass is 10.1. The van der Waals surface area contributed by atoms with Crippen molar-refractivity contribution in [3.8, 4) is 11.8 Å². The van der Waals surface area contributed by atoms with Gasteiger partial charge in [0, 0.05) is 17.9 Å². The van der Waals surface area contributed by atoms with Gasteiger partial charge in [-0.3, -0.25) is 14.4 Å². The van der Waals surface area contributed by atoms with Gasteiger partial charge in [-0.25, -0.2) is 4.90 Å². The van der Waals surface area contributed by atoms with Crippen molar-refractivity contribution in [3.63, 3.8) is 0 Å². The number of anilines is 2. The van der Waals surface area contributed by atoms with Crippen molar-refractivity contribution >= 4 is 29.1 Å². The maximum absolute atomic E-state index is 13.4. The predicted molar refractivity (Wildman–Crippen MR) is 116 cm³/mol. The molecule has 2 aliphatic rings. The van der Waals surface area contributed by atoms with E-state index >= 15 is 0 Å². The molecular weight excluding hydrogens is 408 g/mol. The van der Waals surface area contributed by atoms with E-state index in [4.69, 9.17) is 4.74 Å². The zero-order valence-corrected chi connectivity index (χ0v) is 17.2. The van der Waals surface area contributed by atoms with Crippen LogP contribution in [0.4, 0.5) is 11.4 Å². The molecule has 3 aromatic rings. The van der Waals surface area contributed by atoms with Gasteiger partial charge in [0.2, 0.25) is 0 Å². The van der Waals surface area contributed by atoms with Crippen molar-refractivity contribution in [2.24, 2.45) is 0 Å². The van der Waals surface area contributed by atoms with E-state index in [0.29, 0.717) is 30.1 Å². The van der Waals surface area contributed by atoms with Gasteiger partial charge in [0.1, 0.15) is 23.2 Å². The van der Waals surface area contributed by atoms with Gasteiger partial charge in [0.25, 0.3) is 17.7 Å². The maximum Gasteiger partial charge on any atom is 0.274 e. The van der Waals surface area contributed by atoms with Gasteiger partial charge in [-0.2, -0.15) is 5.26 Å². The summed E-state index contributed by atoms with van der Waals surface area (Å²) in [5.74, 6) is -0.925. The Kier molecular flexibility index (Phi) is 4.52. The van der Waals surface area contributed by atoms with Gasteiger partial charge in [0.15, 0.2) is 0 Å². The van der Waals surface area contributed by atoms with Crippen molar-refractivity contribution < 1.29 is 19.1 Å². The highest BCUT2D eigenvalue weighted by Crippen LogP contribution is 2.39. The molecule has 0 radical (unpaired) electrons. The number of rotatable bonds is 4. The van der Waals surface area contributed by atoms with Crippen LogP contribution in [0.1, 0.15) is 48.9 Å². The van der Waals surface area contributed by atoms with Crippen molar-refractivity contribution in [1.82, 2.24) is 4.57 Å².